The lowest BCUT2D eigenvalue weighted by Gasteiger charge is -2.09. The Balaban J connectivity index is 2.55. The molecule has 0 heterocycles. The highest BCUT2D eigenvalue weighted by atomic mass is 79.9. The molecule has 0 aliphatic rings. The van der Waals surface area contributed by atoms with Crippen LogP contribution in [-0.2, 0) is 0 Å². The predicted molar refractivity (Wildman–Crippen MR) is 88.0 cm³/mol. The van der Waals surface area contributed by atoms with Gasteiger partial charge in [-0.3, -0.25) is 10.1 Å². The van der Waals surface area contributed by atoms with Crippen molar-refractivity contribution in [2.75, 3.05) is 6.61 Å². The molecular formula is C14H19BrN2O2S. The van der Waals surface area contributed by atoms with Crippen LogP contribution < -0.4 is 15.8 Å². The van der Waals surface area contributed by atoms with Gasteiger partial charge in [-0.25, -0.2) is 0 Å². The second-order valence-corrected chi connectivity index (χ2v) is 5.67. The molecule has 0 unspecified atom stereocenters. The Morgan fingerprint density at radius 1 is 1.40 bits per heavy atom. The Morgan fingerprint density at radius 3 is 2.75 bits per heavy atom. The topological polar surface area (TPSA) is 64.3 Å². The largest absolute Gasteiger partial charge is 0.492 e. The van der Waals surface area contributed by atoms with Gasteiger partial charge in [-0.1, -0.05) is 26.2 Å². The van der Waals surface area contributed by atoms with Gasteiger partial charge in [0, 0.05) is 5.56 Å². The summed E-state index contributed by atoms with van der Waals surface area (Å²) >= 11 is 8.03. The number of nitrogens with one attached hydrogen (secondary N) is 1. The Labute approximate surface area is 133 Å². The number of rotatable bonds is 7. The Kier molecular flexibility index (Phi) is 7.54. The molecule has 0 atom stereocenters. The summed E-state index contributed by atoms with van der Waals surface area (Å²) in [6, 6.07) is 5.13. The molecule has 1 rings (SSSR count). The molecule has 1 aromatic carbocycles. The lowest BCUT2D eigenvalue weighted by atomic mass is 10.2. The van der Waals surface area contributed by atoms with Crippen LogP contribution in [0.1, 0.15) is 43.0 Å². The van der Waals surface area contributed by atoms with Crippen LogP contribution in [0.3, 0.4) is 0 Å². The van der Waals surface area contributed by atoms with Gasteiger partial charge in [0.2, 0.25) is 0 Å². The average molecular weight is 359 g/mol. The summed E-state index contributed by atoms with van der Waals surface area (Å²) in [5, 5.41) is 2.34. The van der Waals surface area contributed by atoms with E-state index in [1.54, 1.807) is 18.2 Å². The van der Waals surface area contributed by atoms with Crippen LogP contribution in [0.15, 0.2) is 22.7 Å². The van der Waals surface area contributed by atoms with Crippen molar-refractivity contribution >= 4 is 39.2 Å². The number of hydrogen-bond donors (Lipinski definition) is 2. The van der Waals surface area contributed by atoms with Crippen molar-refractivity contribution in [3.8, 4) is 5.75 Å². The molecule has 1 amide bonds. The monoisotopic (exact) mass is 358 g/mol. The van der Waals surface area contributed by atoms with Crippen LogP contribution in [0.25, 0.3) is 0 Å². The van der Waals surface area contributed by atoms with E-state index in [0.29, 0.717) is 12.2 Å². The molecule has 0 bridgehead atoms. The van der Waals surface area contributed by atoms with Gasteiger partial charge in [-0.05, 0) is 52.8 Å². The predicted octanol–water partition coefficient (Wildman–Crippen LogP) is 3.38. The van der Waals surface area contributed by atoms with Gasteiger partial charge < -0.3 is 10.5 Å². The third kappa shape index (κ3) is 5.88. The summed E-state index contributed by atoms with van der Waals surface area (Å²) in [7, 11) is 0. The minimum Gasteiger partial charge on any atom is -0.492 e. The van der Waals surface area contributed by atoms with Crippen LogP contribution in [0.4, 0.5) is 0 Å². The fraction of sp³-hybridized carbons (Fsp3) is 0.429. The van der Waals surface area contributed by atoms with Gasteiger partial charge in [-0.15, -0.1) is 0 Å². The van der Waals surface area contributed by atoms with E-state index in [4.69, 9.17) is 10.5 Å². The first kappa shape index (κ1) is 16.9. The third-order valence-corrected chi connectivity index (χ3v) is 3.41. The smallest absolute Gasteiger partial charge is 0.257 e. The fourth-order valence-electron chi connectivity index (χ4n) is 1.65. The van der Waals surface area contributed by atoms with Crippen molar-refractivity contribution < 1.29 is 9.53 Å². The highest BCUT2D eigenvalue weighted by molar-refractivity contribution is 9.10. The Hall–Kier alpha value is -1.14. The maximum absolute atomic E-state index is 11.7. The maximum Gasteiger partial charge on any atom is 0.257 e. The molecule has 0 radical (unpaired) electrons. The SMILES string of the molecule is CCCCCCOc1ccc(C(=O)NC(N)=S)cc1Br. The molecule has 0 saturated heterocycles. The summed E-state index contributed by atoms with van der Waals surface area (Å²) < 4.78 is 6.41. The molecule has 3 N–H and O–H groups in total. The zero-order chi connectivity index (χ0) is 15.0. The van der Waals surface area contributed by atoms with Crippen molar-refractivity contribution in [2.45, 2.75) is 32.6 Å². The van der Waals surface area contributed by atoms with E-state index >= 15 is 0 Å². The van der Waals surface area contributed by atoms with E-state index in [-0.39, 0.29) is 11.0 Å². The summed E-state index contributed by atoms with van der Waals surface area (Å²) in [5.74, 6) is 0.404. The zero-order valence-electron chi connectivity index (χ0n) is 11.4. The molecule has 6 heteroatoms. The summed E-state index contributed by atoms with van der Waals surface area (Å²) in [6.45, 7) is 2.85. The fourth-order valence-corrected chi connectivity index (χ4v) is 2.24. The highest BCUT2D eigenvalue weighted by Gasteiger charge is 2.09. The van der Waals surface area contributed by atoms with Crippen LogP contribution >= 0.6 is 28.1 Å². The number of benzene rings is 1. The highest BCUT2D eigenvalue weighted by Crippen LogP contribution is 2.26. The first-order chi connectivity index (χ1) is 9.54. The number of carbonyl (C=O) groups is 1. The number of halogens is 1. The van der Waals surface area contributed by atoms with Gasteiger partial charge in [-0.2, -0.15) is 0 Å². The maximum atomic E-state index is 11.7. The number of unbranched alkanes of at least 4 members (excludes halogenated alkanes) is 3. The summed E-state index contributed by atoms with van der Waals surface area (Å²) in [4.78, 5) is 11.7. The van der Waals surface area contributed by atoms with Gasteiger partial charge in [0.25, 0.3) is 5.91 Å². The van der Waals surface area contributed by atoms with Crippen molar-refractivity contribution in [1.29, 1.82) is 0 Å². The molecular weight excluding hydrogens is 340 g/mol. The Bertz CT molecular complexity index is 480. The second kappa shape index (κ2) is 8.92. The zero-order valence-corrected chi connectivity index (χ0v) is 13.9. The van der Waals surface area contributed by atoms with Crippen LogP contribution in [-0.4, -0.2) is 17.6 Å². The van der Waals surface area contributed by atoms with Gasteiger partial charge >= 0.3 is 0 Å². The van der Waals surface area contributed by atoms with Crippen molar-refractivity contribution in [2.24, 2.45) is 5.73 Å². The number of carbonyl (C=O) groups excluding carboxylic acids is 1. The lowest BCUT2D eigenvalue weighted by Crippen LogP contribution is -2.34. The normalized spacial score (nSPS) is 10.1. The third-order valence-electron chi connectivity index (χ3n) is 2.69. The quantitative estimate of drug-likeness (QED) is 0.579. The van der Waals surface area contributed by atoms with Gasteiger partial charge in [0.1, 0.15) is 5.75 Å². The first-order valence-corrected chi connectivity index (χ1v) is 7.78. The van der Waals surface area contributed by atoms with Gasteiger partial charge in [0.15, 0.2) is 5.11 Å². The van der Waals surface area contributed by atoms with E-state index in [1.165, 1.54) is 19.3 Å². The van der Waals surface area contributed by atoms with Crippen molar-refractivity contribution in [1.82, 2.24) is 5.32 Å². The first-order valence-electron chi connectivity index (χ1n) is 6.57. The van der Waals surface area contributed by atoms with E-state index in [9.17, 15) is 4.79 Å². The molecule has 0 aliphatic carbocycles. The summed E-state index contributed by atoms with van der Waals surface area (Å²) in [6.07, 6.45) is 4.63. The van der Waals surface area contributed by atoms with E-state index in [2.05, 4.69) is 40.4 Å². The lowest BCUT2D eigenvalue weighted by molar-refractivity contribution is 0.0977. The van der Waals surface area contributed by atoms with Crippen LogP contribution in [0.5, 0.6) is 5.75 Å². The molecule has 0 fully saturated rings. The minimum atomic E-state index is -0.326. The minimum absolute atomic E-state index is 0.0395. The van der Waals surface area contributed by atoms with E-state index < -0.39 is 0 Å². The van der Waals surface area contributed by atoms with Crippen LogP contribution in [0, 0.1) is 0 Å². The number of thiocarbonyl (C=S) groups is 1. The van der Waals surface area contributed by atoms with Crippen molar-refractivity contribution in [3.05, 3.63) is 28.2 Å². The number of nitrogens with two attached hydrogens (primary N) is 1. The number of hydrogen-bond acceptors (Lipinski definition) is 3. The molecule has 110 valence electrons. The average Bonchev–Trinajstić information content (AvgIpc) is 2.39. The molecule has 4 nitrogen and oxygen atoms in total. The summed E-state index contributed by atoms with van der Waals surface area (Å²) in [5.41, 5.74) is 5.74. The molecule has 1 aromatic rings. The molecule has 0 spiro atoms. The molecule has 20 heavy (non-hydrogen) atoms. The molecule has 0 aliphatic heterocycles. The Morgan fingerprint density at radius 2 is 2.15 bits per heavy atom. The molecule has 0 aromatic heterocycles. The second-order valence-electron chi connectivity index (χ2n) is 4.37. The van der Waals surface area contributed by atoms with Crippen molar-refractivity contribution in [3.63, 3.8) is 0 Å². The standard InChI is InChI=1S/C14H19BrN2O2S/c1-2-3-4-5-8-19-12-7-6-10(9-11(12)15)13(18)17-14(16)20/h6-7,9H,2-5,8H2,1H3,(H3,16,17,18,20). The van der Waals surface area contributed by atoms with E-state index in [1.807, 2.05) is 0 Å². The van der Waals surface area contributed by atoms with Crippen LogP contribution in [0.2, 0.25) is 0 Å². The number of ether oxygens (including phenoxy) is 1. The number of amides is 1. The van der Waals surface area contributed by atoms with Gasteiger partial charge in [0.05, 0.1) is 11.1 Å². The van der Waals surface area contributed by atoms with E-state index in [0.717, 1.165) is 16.6 Å². The molecule has 0 saturated carbocycles.